The van der Waals surface area contributed by atoms with Crippen molar-refractivity contribution in [1.29, 1.82) is 5.26 Å². The largest absolute Gasteiger partial charge is 0.206 e. The fraction of sp³-hybridized carbons (Fsp3) is 0. The van der Waals surface area contributed by atoms with E-state index in [4.69, 9.17) is 28.5 Å². The maximum atomic E-state index is 13.7. The molecular weight excluding hydrogens is 284 g/mol. The molecule has 2 aromatic rings. The molecule has 0 aliphatic carbocycles. The number of nitriles is 1. The Morgan fingerprint density at radius 2 is 1.68 bits per heavy atom. The first kappa shape index (κ1) is 13.6. The van der Waals surface area contributed by atoms with E-state index in [9.17, 15) is 4.39 Å². The second-order valence-electron chi connectivity index (χ2n) is 3.85. The van der Waals surface area contributed by atoms with Gasteiger partial charge in [0.25, 0.3) is 0 Å². The van der Waals surface area contributed by atoms with Gasteiger partial charge in [0, 0.05) is 15.6 Å². The van der Waals surface area contributed by atoms with Crippen LogP contribution in [0, 0.1) is 17.1 Å². The van der Waals surface area contributed by atoms with Gasteiger partial charge in [0.2, 0.25) is 0 Å². The van der Waals surface area contributed by atoms with Crippen LogP contribution in [0.3, 0.4) is 0 Å². The Kier molecular flexibility index (Phi) is 4.21. The Hall–Kier alpha value is -1.82. The van der Waals surface area contributed by atoms with Gasteiger partial charge in [0.1, 0.15) is 5.82 Å². The molecule has 0 amide bonds. The molecule has 2 rings (SSSR count). The van der Waals surface area contributed by atoms with Gasteiger partial charge in [-0.05, 0) is 42.0 Å². The average Bonchev–Trinajstić information content (AvgIpc) is 2.41. The van der Waals surface area contributed by atoms with Crippen LogP contribution >= 0.6 is 23.2 Å². The van der Waals surface area contributed by atoms with Gasteiger partial charge in [-0.3, -0.25) is 0 Å². The molecule has 0 fully saturated rings. The molecule has 0 spiro atoms. The van der Waals surface area contributed by atoms with E-state index in [1.807, 2.05) is 6.07 Å². The van der Waals surface area contributed by atoms with E-state index in [-0.39, 0.29) is 11.1 Å². The summed E-state index contributed by atoms with van der Waals surface area (Å²) in [6.07, 6.45) is 1.59. The number of benzene rings is 2. The molecule has 1 nitrogen and oxygen atoms in total. The zero-order valence-electron chi connectivity index (χ0n) is 9.70. The van der Waals surface area contributed by atoms with Gasteiger partial charge in [0.05, 0.1) is 11.6 Å². The lowest BCUT2D eigenvalue weighted by Crippen LogP contribution is -1.88. The molecule has 0 aliphatic heterocycles. The molecule has 0 aliphatic rings. The van der Waals surface area contributed by atoms with E-state index in [0.717, 1.165) is 5.56 Å². The quantitative estimate of drug-likeness (QED) is 0.551. The van der Waals surface area contributed by atoms with Gasteiger partial charge in [-0.1, -0.05) is 35.3 Å². The highest BCUT2D eigenvalue weighted by Gasteiger charge is 2.08. The monoisotopic (exact) mass is 291 g/mol. The standard InChI is InChI=1S/C15H8Cl2FN/c16-12-3-1-10(2-4-12)7-11(9-19)14-8-13(17)5-6-15(14)18/h1-8H/b11-7+. The minimum atomic E-state index is -0.480. The summed E-state index contributed by atoms with van der Waals surface area (Å²) in [6, 6.07) is 13.0. The zero-order valence-corrected chi connectivity index (χ0v) is 11.2. The maximum Gasteiger partial charge on any atom is 0.131 e. The Bertz CT molecular complexity index is 670. The maximum absolute atomic E-state index is 13.7. The molecular formula is C15H8Cl2FN. The third-order valence-electron chi connectivity index (χ3n) is 2.52. The minimum Gasteiger partial charge on any atom is -0.206 e. The van der Waals surface area contributed by atoms with Gasteiger partial charge < -0.3 is 0 Å². The van der Waals surface area contributed by atoms with Gasteiger partial charge in [-0.15, -0.1) is 0 Å². The summed E-state index contributed by atoms with van der Waals surface area (Å²) in [6.45, 7) is 0. The third-order valence-corrected chi connectivity index (χ3v) is 3.01. The van der Waals surface area contributed by atoms with Crippen molar-refractivity contribution in [2.24, 2.45) is 0 Å². The number of hydrogen-bond donors (Lipinski definition) is 0. The molecule has 0 saturated carbocycles. The first-order chi connectivity index (χ1) is 9.10. The number of rotatable bonds is 2. The SMILES string of the molecule is N#C/C(=C\c1ccc(Cl)cc1)c1cc(Cl)ccc1F. The molecule has 4 heteroatoms. The Balaban J connectivity index is 2.48. The number of nitrogens with zero attached hydrogens (tertiary/aromatic N) is 1. The smallest absolute Gasteiger partial charge is 0.131 e. The summed E-state index contributed by atoms with van der Waals surface area (Å²) in [5.41, 5.74) is 1.16. The van der Waals surface area contributed by atoms with Crippen LogP contribution in [0.1, 0.15) is 11.1 Å². The van der Waals surface area contributed by atoms with Crippen LogP contribution < -0.4 is 0 Å². The summed E-state index contributed by atoms with van der Waals surface area (Å²) in [4.78, 5) is 0. The van der Waals surface area contributed by atoms with Crippen molar-refractivity contribution in [2.75, 3.05) is 0 Å². The van der Waals surface area contributed by atoms with Crippen molar-refractivity contribution in [3.05, 3.63) is 69.5 Å². The van der Waals surface area contributed by atoms with Crippen LogP contribution in [0.15, 0.2) is 42.5 Å². The Morgan fingerprint density at radius 1 is 1.05 bits per heavy atom. The highest BCUT2D eigenvalue weighted by Crippen LogP contribution is 2.24. The van der Waals surface area contributed by atoms with Gasteiger partial charge >= 0.3 is 0 Å². The van der Waals surface area contributed by atoms with E-state index in [0.29, 0.717) is 10.0 Å². The summed E-state index contributed by atoms with van der Waals surface area (Å²) in [5, 5.41) is 10.1. The molecule has 0 atom stereocenters. The van der Waals surface area contributed by atoms with Crippen molar-refractivity contribution in [3.63, 3.8) is 0 Å². The van der Waals surface area contributed by atoms with E-state index < -0.39 is 5.82 Å². The van der Waals surface area contributed by atoms with Crippen LogP contribution in [-0.2, 0) is 0 Å². The summed E-state index contributed by atoms with van der Waals surface area (Å²) in [5.74, 6) is -0.480. The molecule has 0 N–H and O–H groups in total. The molecule has 0 radical (unpaired) electrons. The molecule has 0 unspecified atom stereocenters. The lowest BCUT2D eigenvalue weighted by molar-refractivity contribution is 0.624. The number of allylic oxidation sites excluding steroid dienone is 1. The predicted molar refractivity (Wildman–Crippen MR) is 76.3 cm³/mol. The van der Waals surface area contributed by atoms with Gasteiger partial charge in [0.15, 0.2) is 0 Å². The normalized spacial score (nSPS) is 11.2. The minimum absolute atomic E-state index is 0.185. The van der Waals surface area contributed by atoms with Crippen molar-refractivity contribution < 1.29 is 4.39 Å². The summed E-state index contributed by atoms with van der Waals surface area (Å²) >= 11 is 11.6. The van der Waals surface area contributed by atoms with Crippen LogP contribution in [0.4, 0.5) is 4.39 Å². The zero-order chi connectivity index (χ0) is 13.8. The van der Waals surface area contributed by atoms with Crippen molar-refractivity contribution in [1.82, 2.24) is 0 Å². The van der Waals surface area contributed by atoms with Crippen LogP contribution in [-0.4, -0.2) is 0 Å². The second-order valence-corrected chi connectivity index (χ2v) is 4.72. The predicted octanol–water partition coefficient (Wildman–Crippen LogP) is 5.20. The highest BCUT2D eigenvalue weighted by molar-refractivity contribution is 6.31. The van der Waals surface area contributed by atoms with Gasteiger partial charge in [-0.25, -0.2) is 4.39 Å². The van der Waals surface area contributed by atoms with Crippen molar-refractivity contribution >= 4 is 34.9 Å². The van der Waals surface area contributed by atoms with Gasteiger partial charge in [-0.2, -0.15) is 5.26 Å². The summed E-state index contributed by atoms with van der Waals surface area (Å²) < 4.78 is 13.7. The topological polar surface area (TPSA) is 23.8 Å². The van der Waals surface area contributed by atoms with Crippen LogP contribution in [0.25, 0.3) is 11.6 Å². The fourth-order valence-corrected chi connectivity index (χ4v) is 1.90. The van der Waals surface area contributed by atoms with Crippen LogP contribution in [0.5, 0.6) is 0 Å². The van der Waals surface area contributed by atoms with E-state index >= 15 is 0 Å². The molecule has 2 aromatic carbocycles. The lowest BCUT2D eigenvalue weighted by atomic mass is 10.0. The van der Waals surface area contributed by atoms with Crippen molar-refractivity contribution in [3.8, 4) is 6.07 Å². The number of halogens is 3. The first-order valence-corrected chi connectivity index (χ1v) is 6.18. The summed E-state index contributed by atoms with van der Waals surface area (Å²) in [7, 11) is 0. The third kappa shape index (κ3) is 3.35. The van der Waals surface area contributed by atoms with Crippen molar-refractivity contribution in [2.45, 2.75) is 0 Å². The molecule has 0 bridgehead atoms. The van der Waals surface area contributed by atoms with Crippen LogP contribution in [0.2, 0.25) is 10.0 Å². The Labute approximate surface area is 120 Å². The molecule has 0 heterocycles. The van der Waals surface area contributed by atoms with E-state index in [1.54, 1.807) is 30.3 Å². The molecule has 0 aromatic heterocycles. The highest BCUT2D eigenvalue weighted by atomic mass is 35.5. The number of hydrogen-bond acceptors (Lipinski definition) is 1. The molecule has 94 valence electrons. The first-order valence-electron chi connectivity index (χ1n) is 5.43. The lowest BCUT2D eigenvalue weighted by Gasteiger charge is -2.03. The average molecular weight is 292 g/mol. The molecule has 0 saturated heterocycles. The fourth-order valence-electron chi connectivity index (χ4n) is 1.60. The Morgan fingerprint density at radius 3 is 2.32 bits per heavy atom. The van der Waals surface area contributed by atoms with E-state index in [2.05, 4.69) is 0 Å². The van der Waals surface area contributed by atoms with E-state index in [1.165, 1.54) is 18.2 Å². The second kappa shape index (κ2) is 5.88. The molecule has 19 heavy (non-hydrogen) atoms.